The molecule has 1 amide bonds. The molecule has 228 valence electrons. The minimum absolute atomic E-state index is 0.0212. The van der Waals surface area contributed by atoms with Crippen LogP contribution in [0.1, 0.15) is 114 Å². The molecule has 5 unspecified atom stereocenters. The fourth-order valence-corrected chi connectivity index (χ4v) is 7.22. The molecule has 0 saturated heterocycles. The van der Waals surface area contributed by atoms with E-state index in [1.54, 1.807) is 6.07 Å². The molecule has 2 aromatic carbocycles. The first-order chi connectivity index (χ1) is 19.8. The molecule has 0 spiro atoms. The Morgan fingerprint density at radius 3 is 2.54 bits per heavy atom. The standard InChI is InChI=1S/C32H45ClN2O3S.C2H6/c1-5-8-10-28(7-3)39(37)34-32(36)24-13-16-31-30(18-24)35(19-25-12-11-22(25)4)20-26(21-38-31)29-15-14-27(33)17-23(29)9-6-2;1-2/h13-18,22,25-26,28H,5-12,19-21H2,1-4H3,(H,34,36);1-2H3. The predicted molar refractivity (Wildman–Crippen MR) is 175 cm³/mol. The number of halogens is 1. The number of benzene rings is 2. The van der Waals surface area contributed by atoms with Crippen molar-refractivity contribution in [2.75, 3.05) is 24.6 Å². The van der Waals surface area contributed by atoms with E-state index in [-0.39, 0.29) is 17.1 Å². The van der Waals surface area contributed by atoms with Gasteiger partial charge in [-0.15, -0.1) is 0 Å². The molecule has 1 aliphatic carbocycles. The molecule has 1 N–H and O–H groups in total. The Labute approximate surface area is 256 Å². The van der Waals surface area contributed by atoms with E-state index >= 15 is 0 Å². The largest absolute Gasteiger partial charge is 0.491 e. The van der Waals surface area contributed by atoms with Crippen molar-refractivity contribution >= 4 is 34.2 Å². The molecule has 5 atom stereocenters. The van der Waals surface area contributed by atoms with Gasteiger partial charge < -0.3 is 9.64 Å². The SMILES string of the molecule is CC.CCCCC(CC)S(=O)NC(=O)c1ccc2c(c1)N(CC1CCC1C)CC(c1ccc(Cl)cc1CCC)CO2. The first kappa shape index (κ1) is 33.5. The van der Waals surface area contributed by atoms with Crippen molar-refractivity contribution in [2.45, 2.75) is 104 Å². The second-order valence-corrected chi connectivity index (χ2v) is 13.3. The maximum absolute atomic E-state index is 13.2. The minimum Gasteiger partial charge on any atom is -0.491 e. The number of nitrogens with zero attached hydrogens (tertiary/aromatic N) is 1. The van der Waals surface area contributed by atoms with E-state index in [1.165, 1.54) is 24.0 Å². The van der Waals surface area contributed by atoms with Gasteiger partial charge in [0.25, 0.3) is 5.91 Å². The Bertz CT molecular complexity index is 1160. The number of aryl methyl sites for hydroxylation is 1. The summed E-state index contributed by atoms with van der Waals surface area (Å²) in [6, 6.07) is 11.9. The van der Waals surface area contributed by atoms with Crippen molar-refractivity contribution in [1.29, 1.82) is 0 Å². The summed E-state index contributed by atoms with van der Waals surface area (Å²) in [6.07, 6.45) is 8.25. The number of nitrogens with one attached hydrogen (secondary N) is 1. The minimum atomic E-state index is -1.40. The first-order valence-electron chi connectivity index (χ1n) is 15.9. The number of carbonyl (C=O) groups is 1. The fraction of sp³-hybridized carbons (Fsp3) is 0.618. The molecule has 0 aromatic heterocycles. The van der Waals surface area contributed by atoms with Crippen molar-refractivity contribution in [3.63, 3.8) is 0 Å². The van der Waals surface area contributed by atoms with Crippen LogP contribution in [0, 0.1) is 11.8 Å². The lowest BCUT2D eigenvalue weighted by Crippen LogP contribution is -2.39. The van der Waals surface area contributed by atoms with Gasteiger partial charge in [0.2, 0.25) is 0 Å². The van der Waals surface area contributed by atoms with Crippen LogP contribution < -0.4 is 14.4 Å². The fourth-order valence-electron chi connectivity index (χ4n) is 5.87. The predicted octanol–water partition coefficient (Wildman–Crippen LogP) is 8.71. The Morgan fingerprint density at radius 2 is 1.90 bits per heavy atom. The van der Waals surface area contributed by atoms with Gasteiger partial charge in [-0.05, 0) is 79.0 Å². The van der Waals surface area contributed by atoms with E-state index in [4.69, 9.17) is 16.3 Å². The Morgan fingerprint density at radius 1 is 1.12 bits per heavy atom. The van der Waals surface area contributed by atoms with E-state index in [0.29, 0.717) is 24.0 Å². The van der Waals surface area contributed by atoms with Crippen LogP contribution in [0.5, 0.6) is 5.75 Å². The quantitative estimate of drug-likeness (QED) is 0.264. The van der Waals surface area contributed by atoms with Gasteiger partial charge in [-0.1, -0.05) is 84.9 Å². The molecule has 1 aliphatic heterocycles. The molecular weight excluding hydrogens is 552 g/mol. The summed E-state index contributed by atoms with van der Waals surface area (Å²) in [5.74, 6) is 2.05. The molecule has 0 bridgehead atoms. The zero-order valence-corrected chi connectivity index (χ0v) is 27.6. The zero-order valence-electron chi connectivity index (χ0n) is 26.0. The van der Waals surface area contributed by atoms with Crippen LogP contribution in [0.3, 0.4) is 0 Å². The van der Waals surface area contributed by atoms with E-state index in [0.717, 1.165) is 68.1 Å². The molecule has 0 radical (unpaired) electrons. The van der Waals surface area contributed by atoms with Crippen LogP contribution in [-0.2, 0) is 17.4 Å². The number of fused-ring (bicyclic) bond motifs is 1. The van der Waals surface area contributed by atoms with Crippen LogP contribution >= 0.6 is 11.6 Å². The number of carbonyl (C=O) groups excluding carboxylic acids is 1. The molecule has 1 fully saturated rings. The molecule has 4 rings (SSSR count). The van der Waals surface area contributed by atoms with Crippen molar-refractivity contribution in [3.8, 4) is 5.75 Å². The van der Waals surface area contributed by atoms with Gasteiger partial charge in [0, 0.05) is 29.6 Å². The first-order valence-corrected chi connectivity index (χ1v) is 17.4. The number of hydrogen-bond acceptors (Lipinski definition) is 4. The third kappa shape index (κ3) is 8.73. The van der Waals surface area contributed by atoms with Crippen LogP contribution in [-0.4, -0.2) is 35.1 Å². The number of ether oxygens (including phenoxy) is 1. The van der Waals surface area contributed by atoms with Gasteiger partial charge in [0.05, 0.1) is 17.5 Å². The maximum atomic E-state index is 13.2. The lowest BCUT2D eigenvalue weighted by atomic mass is 9.74. The highest BCUT2D eigenvalue weighted by Crippen LogP contribution is 2.41. The van der Waals surface area contributed by atoms with Crippen LogP contribution in [0.15, 0.2) is 36.4 Å². The van der Waals surface area contributed by atoms with Gasteiger partial charge in [0.15, 0.2) is 0 Å². The molecule has 1 heterocycles. The Hall–Kier alpha value is -2.05. The molecule has 2 aliphatic rings. The van der Waals surface area contributed by atoms with Gasteiger partial charge >= 0.3 is 0 Å². The Balaban J connectivity index is 0.00000226. The van der Waals surface area contributed by atoms with Gasteiger partial charge in [-0.2, -0.15) is 0 Å². The summed E-state index contributed by atoms with van der Waals surface area (Å²) in [4.78, 5) is 15.7. The van der Waals surface area contributed by atoms with Crippen molar-refractivity contribution in [2.24, 2.45) is 11.8 Å². The van der Waals surface area contributed by atoms with E-state index in [1.807, 2.05) is 39.0 Å². The van der Waals surface area contributed by atoms with Crippen molar-refractivity contribution < 1.29 is 13.7 Å². The van der Waals surface area contributed by atoms with Gasteiger partial charge in [-0.3, -0.25) is 9.52 Å². The topological polar surface area (TPSA) is 58.6 Å². The summed E-state index contributed by atoms with van der Waals surface area (Å²) in [5.41, 5.74) is 4.07. The summed E-state index contributed by atoms with van der Waals surface area (Å²) >= 11 is 6.37. The lowest BCUT2D eigenvalue weighted by Gasteiger charge is -2.39. The van der Waals surface area contributed by atoms with Crippen molar-refractivity contribution in [1.82, 2.24) is 4.72 Å². The lowest BCUT2D eigenvalue weighted by molar-refractivity contribution is 0.0982. The zero-order chi connectivity index (χ0) is 29.9. The van der Waals surface area contributed by atoms with Crippen LogP contribution in [0.25, 0.3) is 0 Å². The van der Waals surface area contributed by atoms with E-state index < -0.39 is 11.0 Å². The third-order valence-electron chi connectivity index (χ3n) is 8.59. The highest BCUT2D eigenvalue weighted by atomic mass is 35.5. The normalized spacial score (nSPS) is 21.2. The average molecular weight is 603 g/mol. The number of hydrogen-bond donors (Lipinski definition) is 1. The third-order valence-corrected chi connectivity index (χ3v) is 10.4. The molecule has 41 heavy (non-hydrogen) atoms. The summed E-state index contributed by atoms with van der Waals surface area (Å²) in [5, 5.41) is 0.750. The molecule has 1 saturated carbocycles. The summed E-state index contributed by atoms with van der Waals surface area (Å²) in [7, 11) is -1.40. The van der Waals surface area contributed by atoms with E-state index in [2.05, 4.69) is 42.5 Å². The highest BCUT2D eigenvalue weighted by Gasteiger charge is 2.33. The smallest absolute Gasteiger partial charge is 0.263 e. The highest BCUT2D eigenvalue weighted by molar-refractivity contribution is 7.84. The van der Waals surface area contributed by atoms with Crippen LogP contribution in [0.4, 0.5) is 5.69 Å². The summed E-state index contributed by atoms with van der Waals surface area (Å²) < 4.78 is 22.1. The van der Waals surface area contributed by atoms with Crippen LogP contribution in [0.2, 0.25) is 5.02 Å². The van der Waals surface area contributed by atoms with Gasteiger partial charge in [-0.25, -0.2) is 4.21 Å². The van der Waals surface area contributed by atoms with E-state index in [9.17, 15) is 9.00 Å². The Kier molecular flexibility index (Phi) is 13.5. The maximum Gasteiger partial charge on any atom is 0.263 e. The monoisotopic (exact) mass is 602 g/mol. The van der Waals surface area contributed by atoms with Crippen molar-refractivity contribution in [3.05, 3.63) is 58.1 Å². The second kappa shape index (κ2) is 16.6. The molecular formula is C34H51ClN2O3S. The summed E-state index contributed by atoms with van der Waals surface area (Å²) in [6.45, 7) is 15.0. The number of unbranched alkanes of at least 4 members (excludes halogenated alkanes) is 1. The second-order valence-electron chi connectivity index (χ2n) is 11.4. The molecule has 7 heteroatoms. The number of amides is 1. The van der Waals surface area contributed by atoms with Gasteiger partial charge in [0.1, 0.15) is 16.7 Å². The number of rotatable bonds is 12. The number of anilines is 1. The molecule has 5 nitrogen and oxygen atoms in total. The molecule has 2 aromatic rings. The average Bonchev–Trinajstić information content (AvgIpc) is 3.15.